The quantitative estimate of drug-likeness (QED) is 0.679. The van der Waals surface area contributed by atoms with Crippen LogP contribution in [0.1, 0.15) is 54.1 Å². The van der Waals surface area contributed by atoms with E-state index in [9.17, 15) is 9.59 Å². The van der Waals surface area contributed by atoms with E-state index in [1.165, 1.54) is 12.8 Å². The normalized spacial score (nSPS) is 15.0. The fraction of sp³-hybridized carbons (Fsp3) is 0.333. The smallest absolute Gasteiger partial charge is 0.341 e. The summed E-state index contributed by atoms with van der Waals surface area (Å²) < 4.78 is 5.15. The van der Waals surface area contributed by atoms with E-state index in [0.717, 1.165) is 11.1 Å². The lowest BCUT2D eigenvalue weighted by Gasteiger charge is -2.10. The Kier molecular flexibility index (Phi) is 7.69. The molecule has 0 saturated carbocycles. The second-order valence-electron chi connectivity index (χ2n) is 6.25. The number of aliphatic carboxylic acids is 1. The largest absolute Gasteiger partial charge is 0.480 e. The Hall–Kier alpha value is -2.04. The van der Waals surface area contributed by atoms with Crippen molar-refractivity contribution in [2.45, 2.75) is 39.0 Å². The van der Waals surface area contributed by atoms with Crippen LogP contribution >= 0.6 is 23.2 Å². The van der Waals surface area contributed by atoms with E-state index in [-0.39, 0.29) is 27.5 Å². The number of carbonyl (C=O) groups excluding carboxylic acids is 1. The van der Waals surface area contributed by atoms with Crippen LogP contribution in [0.3, 0.4) is 0 Å². The van der Waals surface area contributed by atoms with Crippen molar-refractivity contribution in [3.8, 4) is 5.75 Å². The summed E-state index contributed by atoms with van der Waals surface area (Å²) >= 11 is 12.3. The van der Waals surface area contributed by atoms with Gasteiger partial charge in [0.05, 0.1) is 10.9 Å². The molecule has 1 aliphatic carbocycles. The third kappa shape index (κ3) is 5.02. The van der Waals surface area contributed by atoms with E-state index in [0.29, 0.717) is 12.0 Å². The molecule has 0 saturated heterocycles. The zero-order valence-electron chi connectivity index (χ0n) is 15.3. The molecule has 0 fully saturated rings. The van der Waals surface area contributed by atoms with Crippen LogP contribution in [0.25, 0.3) is 0 Å². The third-order valence-electron chi connectivity index (χ3n) is 4.29. The zero-order chi connectivity index (χ0) is 20.0. The summed E-state index contributed by atoms with van der Waals surface area (Å²) in [5, 5.41) is 8.89. The molecular weight excluding hydrogens is 387 g/mol. The lowest BCUT2D eigenvalue weighted by molar-refractivity contribution is -0.139. The Morgan fingerprint density at radius 2 is 1.78 bits per heavy atom. The van der Waals surface area contributed by atoms with Gasteiger partial charge in [-0.15, -0.1) is 0 Å². The number of rotatable bonds is 5. The van der Waals surface area contributed by atoms with E-state index in [1.807, 2.05) is 30.3 Å². The minimum absolute atomic E-state index is 0.0636. The van der Waals surface area contributed by atoms with Gasteiger partial charge in [-0.25, -0.2) is 4.79 Å². The van der Waals surface area contributed by atoms with Gasteiger partial charge in [-0.05, 0) is 23.6 Å². The summed E-state index contributed by atoms with van der Waals surface area (Å²) in [5.74, 6) is -1.33. The molecule has 6 heteroatoms. The molecule has 0 radical (unpaired) electrons. The van der Waals surface area contributed by atoms with Gasteiger partial charge in [0, 0.05) is 5.56 Å². The second-order valence-corrected chi connectivity index (χ2v) is 7.01. The molecule has 1 aliphatic rings. The molecule has 0 aromatic heterocycles. The summed E-state index contributed by atoms with van der Waals surface area (Å²) in [7, 11) is 0. The fourth-order valence-electron chi connectivity index (χ4n) is 2.77. The molecule has 2 aromatic rings. The molecular formula is C21H22Cl2O4. The Bertz CT molecular complexity index is 817. The van der Waals surface area contributed by atoms with E-state index < -0.39 is 12.6 Å². The van der Waals surface area contributed by atoms with Crippen LogP contribution in [-0.2, 0) is 11.2 Å². The highest BCUT2D eigenvalue weighted by molar-refractivity contribution is 6.45. The first kappa shape index (κ1) is 21.3. The van der Waals surface area contributed by atoms with Crippen molar-refractivity contribution < 1.29 is 19.4 Å². The lowest BCUT2D eigenvalue weighted by Crippen LogP contribution is -2.10. The Morgan fingerprint density at radius 1 is 1.15 bits per heavy atom. The van der Waals surface area contributed by atoms with E-state index in [4.69, 9.17) is 33.0 Å². The first-order chi connectivity index (χ1) is 12.9. The van der Waals surface area contributed by atoms with Crippen molar-refractivity contribution in [1.29, 1.82) is 0 Å². The molecule has 1 N–H and O–H groups in total. The lowest BCUT2D eigenvalue weighted by atomic mass is 9.95. The predicted octanol–water partition coefficient (Wildman–Crippen LogP) is 5.79. The van der Waals surface area contributed by atoms with Gasteiger partial charge in [-0.1, -0.05) is 80.2 Å². The van der Waals surface area contributed by atoms with Gasteiger partial charge in [0.15, 0.2) is 12.4 Å². The maximum absolute atomic E-state index is 12.7. The molecule has 27 heavy (non-hydrogen) atoms. The van der Waals surface area contributed by atoms with Crippen LogP contribution in [0.15, 0.2) is 36.4 Å². The molecule has 1 unspecified atom stereocenters. The molecule has 0 amide bonds. The van der Waals surface area contributed by atoms with Crippen LogP contribution in [0.5, 0.6) is 5.75 Å². The maximum atomic E-state index is 12.7. The van der Waals surface area contributed by atoms with E-state index in [1.54, 1.807) is 6.07 Å². The van der Waals surface area contributed by atoms with Crippen LogP contribution in [0, 0.1) is 0 Å². The number of carbonyl (C=O) groups is 2. The summed E-state index contributed by atoms with van der Waals surface area (Å²) in [5.41, 5.74) is 2.03. The van der Waals surface area contributed by atoms with Crippen molar-refractivity contribution in [2.24, 2.45) is 0 Å². The number of ketones is 1. The molecule has 1 atom stereocenters. The topological polar surface area (TPSA) is 63.6 Å². The molecule has 4 nitrogen and oxygen atoms in total. The molecule has 2 aromatic carbocycles. The van der Waals surface area contributed by atoms with Gasteiger partial charge in [-0.2, -0.15) is 0 Å². The summed E-state index contributed by atoms with van der Waals surface area (Å²) in [6, 6.07) is 11.0. The number of carboxylic acids is 1. The van der Waals surface area contributed by atoms with Crippen LogP contribution < -0.4 is 4.74 Å². The number of hydrogen-bond donors (Lipinski definition) is 1. The number of fused-ring (bicyclic) bond motifs is 1. The predicted molar refractivity (Wildman–Crippen MR) is 107 cm³/mol. The minimum Gasteiger partial charge on any atom is -0.480 e. The van der Waals surface area contributed by atoms with Crippen molar-refractivity contribution in [1.82, 2.24) is 0 Å². The maximum Gasteiger partial charge on any atom is 0.341 e. The van der Waals surface area contributed by atoms with E-state index >= 15 is 0 Å². The highest BCUT2D eigenvalue weighted by Crippen LogP contribution is 2.44. The average Bonchev–Trinajstić information content (AvgIpc) is 3.00. The van der Waals surface area contributed by atoms with Crippen LogP contribution in [0.4, 0.5) is 0 Å². The standard InChI is InChI=1S/C17H12Cl2O4.C4H10/c18-15-12(23-8-13(20)21)7-10-6-11(9-4-2-1-3-5-9)17(22)14(10)16(15)19;1-3-4-2/h1-5,7,11H,6,8H2,(H,20,21);3-4H2,1-2H3. The Labute approximate surface area is 169 Å². The van der Waals surface area contributed by atoms with Gasteiger partial charge < -0.3 is 9.84 Å². The van der Waals surface area contributed by atoms with Gasteiger partial charge in [0.2, 0.25) is 0 Å². The minimum atomic E-state index is -1.11. The van der Waals surface area contributed by atoms with Gasteiger partial charge in [-0.3, -0.25) is 4.79 Å². The SMILES string of the molecule is CCCC.O=C(O)COc1cc2c(c(Cl)c1Cl)C(=O)C(c1ccccc1)C2. The first-order valence-corrected chi connectivity index (χ1v) is 9.60. The van der Waals surface area contributed by atoms with Crippen molar-refractivity contribution in [3.05, 3.63) is 63.1 Å². The Morgan fingerprint density at radius 3 is 2.33 bits per heavy atom. The van der Waals surface area contributed by atoms with Gasteiger partial charge in [0.25, 0.3) is 0 Å². The first-order valence-electron chi connectivity index (χ1n) is 8.85. The number of halogens is 2. The molecule has 0 heterocycles. The molecule has 0 aliphatic heterocycles. The number of carboxylic acid groups (broad SMARTS) is 1. The van der Waals surface area contributed by atoms with Crippen LogP contribution in [-0.4, -0.2) is 23.5 Å². The molecule has 0 bridgehead atoms. The number of Topliss-reactive ketones (excluding diaryl/α,β-unsaturated/α-hetero) is 1. The number of benzene rings is 2. The summed E-state index contributed by atoms with van der Waals surface area (Å²) in [4.78, 5) is 23.3. The third-order valence-corrected chi connectivity index (χ3v) is 5.14. The van der Waals surface area contributed by atoms with Crippen molar-refractivity contribution in [3.63, 3.8) is 0 Å². The summed E-state index contributed by atoms with van der Waals surface area (Å²) in [6.45, 7) is 3.84. The second kappa shape index (κ2) is 9.77. The van der Waals surface area contributed by atoms with Crippen molar-refractivity contribution >= 4 is 35.0 Å². The van der Waals surface area contributed by atoms with Gasteiger partial charge in [0.1, 0.15) is 10.8 Å². The van der Waals surface area contributed by atoms with Crippen LogP contribution in [0.2, 0.25) is 10.0 Å². The van der Waals surface area contributed by atoms with Gasteiger partial charge >= 0.3 is 5.97 Å². The summed E-state index contributed by atoms with van der Waals surface area (Å²) in [6.07, 6.45) is 3.12. The zero-order valence-corrected chi connectivity index (χ0v) is 16.8. The average molecular weight is 409 g/mol. The fourth-order valence-corrected chi connectivity index (χ4v) is 3.28. The number of ether oxygens (including phenoxy) is 1. The van der Waals surface area contributed by atoms with E-state index in [2.05, 4.69) is 13.8 Å². The number of hydrogen-bond acceptors (Lipinski definition) is 3. The Balaban J connectivity index is 0.000000596. The molecule has 0 spiro atoms. The molecule has 3 rings (SSSR count). The number of unbranched alkanes of at least 4 members (excludes halogenated alkanes) is 1. The highest BCUT2D eigenvalue weighted by Gasteiger charge is 2.35. The highest BCUT2D eigenvalue weighted by atomic mass is 35.5. The monoisotopic (exact) mass is 408 g/mol. The molecule has 144 valence electrons. The van der Waals surface area contributed by atoms with Crippen molar-refractivity contribution in [2.75, 3.05) is 6.61 Å².